The van der Waals surface area contributed by atoms with Crippen molar-refractivity contribution in [3.8, 4) is 11.5 Å². The molecule has 2 saturated heterocycles. The molecular formula is C25H39FN4O4. The molecule has 8 nitrogen and oxygen atoms in total. The second kappa shape index (κ2) is 12.8. The first-order chi connectivity index (χ1) is 15.9. The molecule has 2 aromatic heterocycles. The smallest absolute Gasteiger partial charge is 0.255 e. The van der Waals surface area contributed by atoms with Gasteiger partial charge in [0.2, 0.25) is 0 Å². The zero-order valence-electron chi connectivity index (χ0n) is 19.8. The molecule has 0 amide bonds. The predicted molar refractivity (Wildman–Crippen MR) is 131 cm³/mol. The summed E-state index contributed by atoms with van der Waals surface area (Å²) in [5.41, 5.74) is 1.84. The van der Waals surface area contributed by atoms with E-state index in [2.05, 4.69) is 20.2 Å². The highest BCUT2D eigenvalue weighted by molar-refractivity contribution is 5.59. The average Bonchev–Trinajstić information content (AvgIpc) is 3.40. The van der Waals surface area contributed by atoms with E-state index in [1.54, 1.807) is 19.2 Å². The number of aromatic nitrogens is 2. The first-order valence-electron chi connectivity index (χ1n) is 11.6. The zero-order chi connectivity index (χ0) is 24.0. The van der Waals surface area contributed by atoms with Crippen LogP contribution in [0.2, 0.25) is 0 Å². The Bertz CT molecular complexity index is 896. The SMILES string of the molecule is C.CC.Cc1ccnc(F)c1OCC1CC(O)CN1.Cc1ccnc2c1OCC1CC(O)CN21. The molecule has 0 spiro atoms. The maximum absolute atomic E-state index is 13.3. The third-order valence-electron chi connectivity index (χ3n) is 5.85. The number of nitrogens with one attached hydrogen (secondary N) is 1. The van der Waals surface area contributed by atoms with Crippen LogP contribution in [0.25, 0.3) is 0 Å². The predicted octanol–water partition coefficient (Wildman–Crippen LogP) is 3.02. The summed E-state index contributed by atoms with van der Waals surface area (Å²) in [6, 6.07) is 4.02. The van der Waals surface area contributed by atoms with Crippen LogP contribution < -0.4 is 19.7 Å². The van der Waals surface area contributed by atoms with Crippen molar-refractivity contribution < 1.29 is 24.1 Å². The van der Waals surface area contributed by atoms with Crippen molar-refractivity contribution in [2.45, 2.75) is 72.3 Å². The Labute approximate surface area is 202 Å². The molecule has 0 saturated carbocycles. The lowest BCUT2D eigenvalue weighted by Gasteiger charge is -2.32. The van der Waals surface area contributed by atoms with Crippen LogP contribution in [-0.4, -0.2) is 70.8 Å². The van der Waals surface area contributed by atoms with Crippen LogP contribution in [0.5, 0.6) is 11.5 Å². The number of pyridine rings is 2. The summed E-state index contributed by atoms with van der Waals surface area (Å²) in [6.07, 6.45) is 4.07. The summed E-state index contributed by atoms with van der Waals surface area (Å²) in [4.78, 5) is 10.0. The summed E-state index contributed by atoms with van der Waals surface area (Å²) in [7, 11) is 0. The highest BCUT2D eigenvalue weighted by atomic mass is 19.1. The number of aliphatic hydroxyl groups is 2. The zero-order valence-corrected chi connectivity index (χ0v) is 19.8. The van der Waals surface area contributed by atoms with E-state index in [1.165, 1.54) is 6.20 Å². The molecule has 190 valence electrons. The maximum Gasteiger partial charge on any atom is 0.255 e. The number of aliphatic hydroxyl groups excluding tert-OH is 2. The number of anilines is 1. The van der Waals surface area contributed by atoms with Crippen molar-refractivity contribution in [3.05, 3.63) is 41.6 Å². The highest BCUT2D eigenvalue weighted by Crippen LogP contribution is 2.38. The van der Waals surface area contributed by atoms with Gasteiger partial charge in [0.15, 0.2) is 17.3 Å². The van der Waals surface area contributed by atoms with Gasteiger partial charge in [-0.3, -0.25) is 0 Å². The monoisotopic (exact) mass is 478 g/mol. The van der Waals surface area contributed by atoms with E-state index in [9.17, 15) is 14.6 Å². The van der Waals surface area contributed by atoms with Gasteiger partial charge < -0.3 is 29.9 Å². The summed E-state index contributed by atoms with van der Waals surface area (Å²) in [5, 5.41) is 22.0. The molecule has 9 heteroatoms. The number of nitrogens with zero attached hydrogens (tertiary/aromatic N) is 3. The Morgan fingerprint density at radius 3 is 2.50 bits per heavy atom. The second-order valence-electron chi connectivity index (χ2n) is 8.34. The van der Waals surface area contributed by atoms with E-state index in [4.69, 9.17) is 9.47 Å². The Kier molecular flexibility index (Phi) is 10.5. The normalized spacial score (nSPS) is 24.3. The molecule has 34 heavy (non-hydrogen) atoms. The van der Waals surface area contributed by atoms with Crippen LogP contribution >= 0.6 is 0 Å². The number of β-amino-alcohol motifs (C(OH)–C–C–N with tert-alkyl or cyclic N) is 1. The van der Waals surface area contributed by atoms with Crippen molar-refractivity contribution in [1.82, 2.24) is 15.3 Å². The Hall–Kier alpha value is -2.49. The summed E-state index contributed by atoms with van der Waals surface area (Å²) < 4.78 is 24.4. The number of halogens is 1. The third-order valence-corrected chi connectivity index (χ3v) is 5.85. The molecule has 4 atom stereocenters. The van der Waals surface area contributed by atoms with E-state index in [0.717, 1.165) is 29.1 Å². The average molecular weight is 479 g/mol. The molecule has 3 aliphatic heterocycles. The minimum absolute atomic E-state index is 0. The molecule has 0 bridgehead atoms. The molecule has 2 aromatic rings. The van der Waals surface area contributed by atoms with Crippen molar-refractivity contribution in [2.24, 2.45) is 0 Å². The van der Waals surface area contributed by atoms with Gasteiger partial charge in [0.05, 0.1) is 18.2 Å². The molecule has 0 aromatic carbocycles. The van der Waals surface area contributed by atoms with Crippen LogP contribution in [0, 0.1) is 19.8 Å². The van der Waals surface area contributed by atoms with Gasteiger partial charge in [0.1, 0.15) is 13.2 Å². The fraction of sp³-hybridized carbons (Fsp3) is 0.600. The number of hydrogen-bond donors (Lipinski definition) is 3. The Morgan fingerprint density at radius 2 is 1.82 bits per heavy atom. The van der Waals surface area contributed by atoms with Crippen LogP contribution in [0.1, 0.15) is 45.2 Å². The van der Waals surface area contributed by atoms with Crippen molar-refractivity contribution in [3.63, 3.8) is 0 Å². The van der Waals surface area contributed by atoms with Gasteiger partial charge >= 0.3 is 0 Å². The Morgan fingerprint density at radius 1 is 1.12 bits per heavy atom. The van der Waals surface area contributed by atoms with Gasteiger partial charge in [-0.25, -0.2) is 9.97 Å². The number of fused-ring (bicyclic) bond motifs is 3. The van der Waals surface area contributed by atoms with E-state index in [0.29, 0.717) is 38.8 Å². The molecule has 3 N–H and O–H groups in total. The van der Waals surface area contributed by atoms with Gasteiger partial charge in [0.25, 0.3) is 5.95 Å². The van der Waals surface area contributed by atoms with Gasteiger partial charge in [0, 0.05) is 31.5 Å². The maximum atomic E-state index is 13.3. The summed E-state index contributed by atoms with van der Waals surface area (Å²) in [6.45, 7) is 10.1. The lowest BCUT2D eigenvalue weighted by atomic mass is 10.1. The molecule has 5 rings (SSSR count). The molecule has 3 aliphatic rings. The summed E-state index contributed by atoms with van der Waals surface area (Å²) in [5.74, 6) is 1.38. The number of hydrogen-bond acceptors (Lipinski definition) is 8. The molecular weight excluding hydrogens is 439 g/mol. The van der Waals surface area contributed by atoms with Crippen molar-refractivity contribution >= 4 is 5.82 Å². The summed E-state index contributed by atoms with van der Waals surface area (Å²) >= 11 is 0. The van der Waals surface area contributed by atoms with Crippen molar-refractivity contribution in [2.75, 3.05) is 31.2 Å². The van der Waals surface area contributed by atoms with Gasteiger partial charge in [-0.2, -0.15) is 4.39 Å². The lowest BCUT2D eigenvalue weighted by Crippen LogP contribution is -2.39. The molecule has 0 aliphatic carbocycles. The van der Waals surface area contributed by atoms with Crippen LogP contribution in [-0.2, 0) is 0 Å². The molecule has 4 unspecified atom stereocenters. The fourth-order valence-electron chi connectivity index (χ4n) is 4.20. The van der Waals surface area contributed by atoms with E-state index in [1.807, 2.05) is 26.8 Å². The fourth-order valence-corrected chi connectivity index (χ4v) is 4.20. The molecule has 5 heterocycles. The molecule has 2 fully saturated rings. The van der Waals surface area contributed by atoms with Crippen LogP contribution in [0.4, 0.5) is 10.2 Å². The van der Waals surface area contributed by atoms with Crippen LogP contribution in [0.3, 0.4) is 0 Å². The minimum Gasteiger partial charge on any atom is -0.487 e. The van der Waals surface area contributed by atoms with Crippen molar-refractivity contribution in [1.29, 1.82) is 0 Å². The first kappa shape index (κ1) is 27.8. The number of aryl methyl sites for hydroxylation is 2. The Balaban J connectivity index is 0.000000218. The minimum atomic E-state index is -0.585. The largest absolute Gasteiger partial charge is 0.487 e. The second-order valence-corrected chi connectivity index (χ2v) is 8.34. The van der Waals surface area contributed by atoms with Gasteiger partial charge in [-0.15, -0.1) is 0 Å². The highest BCUT2D eigenvalue weighted by Gasteiger charge is 2.37. The van der Waals surface area contributed by atoms with Gasteiger partial charge in [-0.05, 0) is 49.9 Å². The van der Waals surface area contributed by atoms with E-state index in [-0.39, 0.29) is 31.4 Å². The quantitative estimate of drug-likeness (QED) is 0.579. The van der Waals surface area contributed by atoms with E-state index < -0.39 is 5.95 Å². The topological polar surface area (TPSA) is 100.0 Å². The number of ether oxygens (including phenoxy) is 2. The third kappa shape index (κ3) is 6.55. The first-order valence-corrected chi connectivity index (χ1v) is 11.6. The number of rotatable bonds is 3. The standard InChI is InChI=1S/C11H15FN2O2.C11H14N2O2.C2H6.CH4/c1-7-2-3-13-11(12)10(7)16-6-8-4-9(15)5-14-8;1-7-2-3-12-11-10(7)15-6-8-4-9(14)5-13(8)11;1-2;/h2-3,8-9,14-15H,4-6H2,1H3;2-3,8-9,14H,4-6H2,1H3;1-2H3;1H4. The van der Waals surface area contributed by atoms with Gasteiger partial charge in [-0.1, -0.05) is 21.3 Å². The lowest BCUT2D eigenvalue weighted by molar-refractivity contribution is 0.186. The van der Waals surface area contributed by atoms with E-state index >= 15 is 0 Å². The van der Waals surface area contributed by atoms with Crippen LogP contribution in [0.15, 0.2) is 24.5 Å². The molecule has 0 radical (unpaired) electrons.